The molecule has 90 valence electrons. The molecule has 0 saturated carbocycles. The Bertz CT molecular complexity index is 472. The van der Waals surface area contributed by atoms with Gasteiger partial charge in [0.2, 0.25) is 5.76 Å². The van der Waals surface area contributed by atoms with E-state index in [4.69, 9.17) is 8.83 Å². The maximum atomic E-state index is 11.3. The Morgan fingerprint density at radius 1 is 1.29 bits per heavy atom. The monoisotopic (exact) mass is 235 g/mol. The van der Waals surface area contributed by atoms with Crippen LogP contribution in [0.3, 0.4) is 0 Å². The van der Waals surface area contributed by atoms with Gasteiger partial charge in [-0.2, -0.15) is 0 Å². The molecule has 0 unspecified atom stereocenters. The molecule has 0 aliphatic rings. The number of nitrogens with one attached hydrogen (secondary N) is 1. The van der Waals surface area contributed by atoms with Gasteiger partial charge in [-0.25, -0.2) is 4.79 Å². The van der Waals surface area contributed by atoms with E-state index in [1.165, 1.54) is 13.4 Å². The van der Waals surface area contributed by atoms with Gasteiger partial charge in [-0.3, -0.25) is 0 Å². The number of ether oxygens (including phenoxy) is 1. The van der Waals surface area contributed by atoms with Gasteiger partial charge in [-0.1, -0.05) is 0 Å². The van der Waals surface area contributed by atoms with Crippen molar-refractivity contribution in [3.63, 3.8) is 0 Å². The second kappa shape index (κ2) is 5.36. The maximum absolute atomic E-state index is 11.3. The maximum Gasteiger partial charge on any atom is 0.374 e. The molecule has 1 N–H and O–H groups in total. The van der Waals surface area contributed by atoms with Gasteiger partial charge >= 0.3 is 5.97 Å². The lowest BCUT2D eigenvalue weighted by molar-refractivity contribution is 0.0563. The van der Waals surface area contributed by atoms with Crippen molar-refractivity contribution in [3.05, 3.63) is 47.8 Å². The van der Waals surface area contributed by atoms with E-state index in [2.05, 4.69) is 10.1 Å². The zero-order valence-corrected chi connectivity index (χ0v) is 9.43. The first-order valence-corrected chi connectivity index (χ1v) is 5.19. The van der Waals surface area contributed by atoms with E-state index < -0.39 is 5.97 Å². The minimum Gasteiger partial charge on any atom is -0.468 e. The normalized spacial score (nSPS) is 10.4. The third-order valence-electron chi connectivity index (χ3n) is 2.31. The Balaban J connectivity index is 1.91. The average molecular weight is 235 g/mol. The van der Waals surface area contributed by atoms with Crippen LogP contribution in [0.4, 0.5) is 0 Å². The number of rotatable bonds is 5. The summed E-state index contributed by atoms with van der Waals surface area (Å²) in [5.74, 6) is 0.609. The van der Waals surface area contributed by atoms with Gasteiger partial charge in [0.25, 0.3) is 0 Å². The van der Waals surface area contributed by atoms with Crippen molar-refractivity contribution >= 4 is 5.97 Å². The van der Waals surface area contributed by atoms with Crippen molar-refractivity contribution < 1.29 is 18.4 Å². The highest BCUT2D eigenvalue weighted by atomic mass is 16.5. The fourth-order valence-electron chi connectivity index (χ4n) is 1.48. The molecule has 17 heavy (non-hydrogen) atoms. The number of esters is 1. The Morgan fingerprint density at radius 3 is 2.88 bits per heavy atom. The van der Waals surface area contributed by atoms with Crippen molar-refractivity contribution in [3.8, 4) is 0 Å². The molecule has 0 bridgehead atoms. The van der Waals surface area contributed by atoms with E-state index in [-0.39, 0.29) is 5.76 Å². The smallest absolute Gasteiger partial charge is 0.374 e. The zero-order valence-electron chi connectivity index (χ0n) is 9.43. The SMILES string of the molecule is COC(=O)c1occc1CNCc1ccco1. The molecule has 0 amide bonds. The largest absolute Gasteiger partial charge is 0.468 e. The molecule has 0 aromatic carbocycles. The third-order valence-corrected chi connectivity index (χ3v) is 2.31. The molecule has 0 saturated heterocycles. The van der Waals surface area contributed by atoms with Crippen molar-refractivity contribution in [1.82, 2.24) is 5.32 Å². The first kappa shape index (κ1) is 11.5. The zero-order chi connectivity index (χ0) is 12.1. The highest BCUT2D eigenvalue weighted by molar-refractivity contribution is 5.87. The number of hydrogen-bond donors (Lipinski definition) is 1. The molecule has 5 nitrogen and oxygen atoms in total. The summed E-state index contributed by atoms with van der Waals surface area (Å²) in [6, 6.07) is 5.44. The van der Waals surface area contributed by atoms with Gasteiger partial charge in [0.1, 0.15) is 5.76 Å². The summed E-state index contributed by atoms with van der Waals surface area (Å²) in [6.07, 6.45) is 3.09. The van der Waals surface area contributed by atoms with E-state index in [0.717, 1.165) is 11.3 Å². The summed E-state index contributed by atoms with van der Waals surface area (Å²) in [5.41, 5.74) is 0.767. The molecule has 0 fully saturated rings. The van der Waals surface area contributed by atoms with Gasteiger partial charge in [-0.15, -0.1) is 0 Å². The van der Waals surface area contributed by atoms with Crippen LogP contribution in [0, 0.1) is 0 Å². The quantitative estimate of drug-likeness (QED) is 0.802. The molecule has 2 aromatic rings. The lowest BCUT2D eigenvalue weighted by Crippen LogP contribution is -2.14. The summed E-state index contributed by atoms with van der Waals surface area (Å²) in [4.78, 5) is 11.3. The summed E-state index contributed by atoms with van der Waals surface area (Å²) in [5, 5.41) is 3.15. The van der Waals surface area contributed by atoms with Crippen LogP contribution in [0.15, 0.2) is 39.6 Å². The molecule has 0 atom stereocenters. The van der Waals surface area contributed by atoms with Crippen molar-refractivity contribution in [2.75, 3.05) is 7.11 Å². The summed E-state index contributed by atoms with van der Waals surface area (Å²) in [7, 11) is 1.32. The summed E-state index contributed by atoms with van der Waals surface area (Å²) in [6.45, 7) is 1.11. The van der Waals surface area contributed by atoms with E-state index in [9.17, 15) is 4.79 Å². The highest BCUT2D eigenvalue weighted by Crippen LogP contribution is 2.11. The first-order valence-electron chi connectivity index (χ1n) is 5.19. The van der Waals surface area contributed by atoms with E-state index in [1.807, 2.05) is 12.1 Å². The van der Waals surface area contributed by atoms with Gasteiger partial charge in [0.05, 0.1) is 26.2 Å². The fraction of sp³-hybridized carbons (Fsp3) is 0.250. The summed E-state index contributed by atoms with van der Waals surface area (Å²) >= 11 is 0. The van der Waals surface area contributed by atoms with Crippen LogP contribution >= 0.6 is 0 Å². The van der Waals surface area contributed by atoms with E-state index >= 15 is 0 Å². The first-order chi connectivity index (χ1) is 8.31. The fourth-order valence-corrected chi connectivity index (χ4v) is 1.48. The molecule has 2 heterocycles. The number of carbonyl (C=O) groups is 1. The van der Waals surface area contributed by atoms with Crippen LogP contribution in [0.5, 0.6) is 0 Å². The van der Waals surface area contributed by atoms with Crippen LogP contribution in [0.1, 0.15) is 21.9 Å². The van der Waals surface area contributed by atoms with E-state index in [0.29, 0.717) is 13.1 Å². The number of furan rings is 2. The Morgan fingerprint density at radius 2 is 2.18 bits per heavy atom. The third kappa shape index (κ3) is 2.76. The second-order valence-electron chi connectivity index (χ2n) is 3.45. The van der Waals surface area contributed by atoms with Crippen LogP contribution < -0.4 is 5.32 Å². The number of carbonyl (C=O) groups excluding carboxylic acids is 1. The molecule has 0 aliphatic carbocycles. The van der Waals surface area contributed by atoms with Crippen LogP contribution in [-0.2, 0) is 17.8 Å². The van der Waals surface area contributed by atoms with Crippen molar-refractivity contribution in [1.29, 1.82) is 0 Å². The van der Waals surface area contributed by atoms with Crippen LogP contribution in [-0.4, -0.2) is 13.1 Å². The number of methoxy groups -OCH3 is 1. The molecular formula is C12H13NO4. The van der Waals surface area contributed by atoms with Crippen LogP contribution in [0.2, 0.25) is 0 Å². The molecule has 0 spiro atoms. The molecule has 0 radical (unpaired) electrons. The van der Waals surface area contributed by atoms with Gasteiger partial charge < -0.3 is 18.9 Å². The van der Waals surface area contributed by atoms with Gasteiger partial charge in [-0.05, 0) is 18.2 Å². The van der Waals surface area contributed by atoms with Gasteiger partial charge in [0.15, 0.2) is 0 Å². The van der Waals surface area contributed by atoms with Crippen LogP contribution in [0.25, 0.3) is 0 Å². The molecule has 2 rings (SSSR count). The van der Waals surface area contributed by atoms with Crippen molar-refractivity contribution in [2.24, 2.45) is 0 Å². The molecular weight excluding hydrogens is 222 g/mol. The Kier molecular flexibility index (Phi) is 3.62. The second-order valence-corrected chi connectivity index (χ2v) is 3.45. The molecule has 0 aliphatic heterocycles. The summed E-state index contributed by atoms with van der Waals surface area (Å²) < 4.78 is 14.8. The van der Waals surface area contributed by atoms with Crippen molar-refractivity contribution in [2.45, 2.75) is 13.1 Å². The Labute approximate surface area is 98.4 Å². The predicted octanol–water partition coefficient (Wildman–Crippen LogP) is 1.95. The molecule has 2 aromatic heterocycles. The number of hydrogen-bond acceptors (Lipinski definition) is 5. The Hall–Kier alpha value is -2.01. The standard InChI is InChI=1S/C12H13NO4/c1-15-12(14)11-9(4-6-17-11)7-13-8-10-3-2-5-16-10/h2-6,13H,7-8H2,1H3. The lowest BCUT2D eigenvalue weighted by atomic mass is 10.2. The van der Waals surface area contributed by atoms with Gasteiger partial charge in [0, 0.05) is 12.1 Å². The minimum atomic E-state index is -0.468. The lowest BCUT2D eigenvalue weighted by Gasteiger charge is -2.02. The van der Waals surface area contributed by atoms with E-state index in [1.54, 1.807) is 12.3 Å². The highest BCUT2D eigenvalue weighted by Gasteiger charge is 2.15. The molecule has 5 heteroatoms. The topological polar surface area (TPSA) is 64.6 Å². The minimum absolute atomic E-state index is 0.236. The average Bonchev–Trinajstić information content (AvgIpc) is 2.99. The predicted molar refractivity (Wildman–Crippen MR) is 59.3 cm³/mol.